The Kier molecular flexibility index (Phi) is 5.77. The summed E-state index contributed by atoms with van der Waals surface area (Å²) in [7, 11) is -3.89. The third-order valence-corrected chi connectivity index (χ3v) is 4.63. The van der Waals surface area contributed by atoms with Gasteiger partial charge in [-0.1, -0.05) is 6.07 Å². The molecule has 0 bridgehead atoms. The van der Waals surface area contributed by atoms with Gasteiger partial charge in [-0.2, -0.15) is 13.2 Å². The molecule has 1 aromatic rings. The van der Waals surface area contributed by atoms with Gasteiger partial charge in [0.15, 0.2) is 0 Å². The monoisotopic (exact) mass is 325 g/mol. The van der Waals surface area contributed by atoms with Crippen LogP contribution in [0.25, 0.3) is 0 Å². The Labute approximate surface area is 122 Å². The number of aryl methyl sites for hydroxylation is 2. The predicted octanol–water partition coefficient (Wildman–Crippen LogP) is 2.42. The van der Waals surface area contributed by atoms with Crippen LogP contribution in [0, 0.1) is 13.8 Å². The third-order valence-electron chi connectivity index (χ3n) is 3.02. The minimum atomic E-state index is -4.30. The van der Waals surface area contributed by atoms with Gasteiger partial charge in [-0.15, -0.1) is 0 Å². The molecular weight excluding hydrogens is 307 g/mol. The van der Waals surface area contributed by atoms with Crippen molar-refractivity contribution in [3.8, 4) is 0 Å². The van der Waals surface area contributed by atoms with Gasteiger partial charge in [0.05, 0.1) is 11.5 Å². The van der Waals surface area contributed by atoms with Gasteiger partial charge in [-0.3, -0.25) is 0 Å². The van der Waals surface area contributed by atoms with Crippen LogP contribution < -0.4 is 4.72 Å². The van der Waals surface area contributed by atoms with E-state index in [1.165, 1.54) is 6.07 Å². The Morgan fingerprint density at radius 1 is 1.19 bits per heavy atom. The number of aliphatic hydroxyl groups is 1. The standard InChI is InChI=1S/C13H18F3NO3S/c1-9-6-10(2)12(7-11(9)8-18)21(19,20)17-5-3-4-13(14,15)16/h6-7,17-18H,3-5,8H2,1-2H3. The zero-order chi connectivity index (χ0) is 16.3. The van der Waals surface area contributed by atoms with Crippen molar-refractivity contribution < 1.29 is 26.7 Å². The minimum absolute atomic E-state index is 0.0239. The minimum Gasteiger partial charge on any atom is -0.392 e. The predicted molar refractivity (Wildman–Crippen MR) is 72.3 cm³/mol. The van der Waals surface area contributed by atoms with Crippen LogP contribution in [-0.4, -0.2) is 26.2 Å². The molecule has 0 heterocycles. The largest absolute Gasteiger partial charge is 0.392 e. The molecule has 4 nitrogen and oxygen atoms in total. The molecule has 0 unspecified atom stereocenters. The van der Waals surface area contributed by atoms with Crippen LogP contribution in [0.3, 0.4) is 0 Å². The van der Waals surface area contributed by atoms with Crippen LogP contribution in [0.1, 0.15) is 29.5 Å². The molecule has 0 aliphatic rings. The molecule has 0 aliphatic carbocycles. The van der Waals surface area contributed by atoms with Gasteiger partial charge in [0.25, 0.3) is 0 Å². The third kappa shape index (κ3) is 5.29. The van der Waals surface area contributed by atoms with Crippen LogP contribution in [0.5, 0.6) is 0 Å². The number of halogens is 3. The van der Waals surface area contributed by atoms with E-state index in [1.54, 1.807) is 19.9 Å². The lowest BCUT2D eigenvalue weighted by Gasteiger charge is -2.13. The zero-order valence-electron chi connectivity index (χ0n) is 11.8. The lowest BCUT2D eigenvalue weighted by Crippen LogP contribution is -2.26. The van der Waals surface area contributed by atoms with E-state index in [9.17, 15) is 21.6 Å². The van der Waals surface area contributed by atoms with Gasteiger partial charge in [-0.05, 0) is 43.0 Å². The first-order valence-electron chi connectivity index (χ1n) is 6.34. The molecule has 0 aliphatic heterocycles. The number of hydrogen-bond acceptors (Lipinski definition) is 3. The summed E-state index contributed by atoms with van der Waals surface area (Å²) in [6, 6.07) is 2.96. The number of rotatable bonds is 6. The maximum absolute atomic E-state index is 12.1. The second-order valence-corrected chi connectivity index (χ2v) is 6.55. The van der Waals surface area contributed by atoms with Crippen molar-refractivity contribution in [3.63, 3.8) is 0 Å². The summed E-state index contributed by atoms with van der Waals surface area (Å²) in [5.74, 6) is 0. The second kappa shape index (κ2) is 6.76. The fraction of sp³-hybridized carbons (Fsp3) is 0.538. The topological polar surface area (TPSA) is 66.4 Å². The molecule has 0 amide bonds. The summed E-state index contributed by atoms with van der Waals surface area (Å²) in [5, 5.41) is 9.16. The fourth-order valence-electron chi connectivity index (χ4n) is 1.91. The molecule has 0 aromatic heterocycles. The SMILES string of the molecule is Cc1cc(C)c(S(=O)(=O)NCCCC(F)(F)F)cc1CO. The first-order valence-corrected chi connectivity index (χ1v) is 7.82. The van der Waals surface area contributed by atoms with E-state index in [2.05, 4.69) is 4.72 Å². The van der Waals surface area contributed by atoms with E-state index in [4.69, 9.17) is 5.11 Å². The maximum Gasteiger partial charge on any atom is 0.389 e. The summed E-state index contributed by atoms with van der Waals surface area (Å²) in [4.78, 5) is -0.0239. The highest BCUT2D eigenvalue weighted by molar-refractivity contribution is 7.89. The summed E-state index contributed by atoms with van der Waals surface area (Å²) in [5.41, 5.74) is 1.70. The van der Waals surface area contributed by atoms with Gasteiger partial charge in [0, 0.05) is 13.0 Å². The summed E-state index contributed by atoms with van der Waals surface area (Å²) in [6.45, 7) is 2.75. The first-order chi connectivity index (χ1) is 9.57. The molecule has 0 radical (unpaired) electrons. The maximum atomic E-state index is 12.1. The number of benzene rings is 1. The molecule has 0 saturated carbocycles. The Morgan fingerprint density at radius 3 is 2.33 bits per heavy atom. The molecule has 2 N–H and O–H groups in total. The van der Waals surface area contributed by atoms with Crippen LogP contribution >= 0.6 is 0 Å². The second-order valence-electron chi connectivity index (χ2n) is 4.82. The molecular formula is C13H18F3NO3S. The van der Waals surface area contributed by atoms with E-state index >= 15 is 0 Å². The molecule has 21 heavy (non-hydrogen) atoms. The molecule has 120 valence electrons. The lowest BCUT2D eigenvalue weighted by atomic mass is 10.1. The van der Waals surface area contributed by atoms with Crippen LogP contribution in [0.4, 0.5) is 13.2 Å². The van der Waals surface area contributed by atoms with E-state index in [0.29, 0.717) is 11.1 Å². The average molecular weight is 325 g/mol. The van der Waals surface area contributed by atoms with Crippen molar-refractivity contribution in [2.75, 3.05) is 6.54 Å². The van der Waals surface area contributed by atoms with Crippen molar-refractivity contribution in [3.05, 3.63) is 28.8 Å². The Hall–Kier alpha value is -1.12. The van der Waals surface area contributed by atoms with Gasteiger partial charge < -0.3 is 5.11 Å². The Balaban J connectivity index is 2.84. The van der Waals surface area contributed by atoms with Gasteiger partial charge in [0.1, 0.15) is 0 Å². The molecule has 0 spiro atoms. The van der Waals surface area contributed by atoms with Gasteiger partial charge in [-0.25, -0.2) is 13.1 Å². The summed E-state index contributed by atoms with van der Waals surface area (Å²) in [6.07, 6.45) is -5.65. The number of nitrogens with one attached hydrogen (secondary N) is 1. The number of hydrogen-bond donors (Lipinski definition) is 2. The lowest BCUT2D eigenvalue weighted by molar-refractivity contribution is -0.135. The van der Waals surface area contributed by atoms with Gasteiger partial charge in [0.2, 0.25) is 10.0 Å². The highest BCUT2D eigenvalue weighted by Crippen LogP contribution is 2.22. The molecule has 0 fully saturated rings. The quantitative estimate of drug-likeness (QED) is 0.790. The first kappa shape index (κ1) is 17.9. The molecule has 1 rings (SSSR count). The molecule has 0 saturated heterocycles. The van der Waals surface area contributed by atoms with Crippen LogP contribution in [-0.2, 0) is 16.6 Å². The summed E-state index contributed by atoms with van der Waals surface area (Å²) < 4.78 is 62.3. The molecule has 1 aromatic carbocycles. The average Bonchev–Trinajstić information content (AvgIpc) is 2.33. The van der Waals surface area contributed by atoms with Crippen molar-refractivity contribution in [2.24, 2.45) is 0 Å². The van der Waals surface area contributed by atoms with Crippen LogP contribution in [0.15, 0.2) is 17.0 Å². The van der Waals surface area contributed by atoms with Gasteiger partial charge >= 0.3 is 6.18 Å². The van der Waals surface area contributed by atoms with E-state index in [-0.39, 0.29) is 24.5 Å². The van der Waals surface area contributed by atoms with Crippen molar-refractivity contribution in [1.82, 2.24) is 4.72 Å². The summed E-state index contributed by atoms with van der Waals surface area (Å²) >= 11 is 0. The number of alkyl halides is 3. The van der Waals surface area contributed by atoms with Crippen molar-refractivity contribution in [1.29, 1.82) is 0 Å². The van der Waals surface area contributed by atoms with Crippen molar-refractivity contribution >= 4 is 10.0 Å². The van der Waals surface area contributed by atoms with Crippen LogP contribution in [0.2, 0.25) is 0 Å². The van der Waals surface area contributed by atoms with E-state index < -0.39 is 22.6 Å². The highest BCUT2D eigenvalue weighted by atomic mass is 32.2. The Morgan fingerprint density at radius 2 is 1.81 bits per heavy atom. The van der Waals surface area contributed by atoms with Crippen molar-refractivity contribution in [2.45, 2.75) is 44.4 Å². The number of sulfonamides is 1. The fourth-order valence-corrected chi connectivity index (χ4v) is 3.26. The van der Waals surface area contributed by atoms with E-state index in [1.807, 2.05) is 0 Å². The van der Waals surface area contributed by atoms with E-state index in [0.717, 1.165) is 5.56 Å². The number of aliphatic hydroxyl groups excluding tert-OH is 1. The Bertz CT molecular complexity index is 597. The zero-order valence-corrected chi connectivity index (χ0v) is 12.6. The molecule has 0 atom stereocenters. The highest BCUT2D eigenvalue weighted by Gasteiger charge is 2.26. The molecule has 8 heteroatoms. The normalized spacial score (nSPS) is 12.7. The smallest absolute Gasteiger partial charge is 0.389 e.